The third kappa shape index (κ3) is 4.22. The van der Waals surface area contributed by atoms with E-state index >= 15 is 0 Å². The fraction of sp³-hybridized carbons (Fsp3) is 0.238. The molecule has 28 heavy (non-hydrogen) atoms. The molecule has 144 valence electrons. The number of thioether (sulfide) groups is 1. The lowest BCUT2D eigenvalue weighted by atomic mass is 10.1. The van der Waals surface area contributed by atoms with E-state index in [1.807, 2.05) is 60.0 Å². The number of rotatable bonds is 7. The molecule has 1 aliphatic heterocycles. The van der Waals surface area contributed by atoms with E-state index < -0.39 is 6.10 Å². The summed E-state index contributed by atoms with van der Waals surface area (Å²) in [5, 5.41) is 18.4. The van der Waals surface area contributed by atoms with Crippen LogP contribution in [0.4, 0.5) is 0 Å². The second-order valence-electron chi connectivity index (χ2n) is 6.44. The normalized spacial score (nSPS) is 17.5. The van der Waals surface area contributed by atoms with Crippen LogP contribution in [0.1, 0.15) is 34.8 Å². The highest BCUT2D eigenvalue weighted by Crippen LogP contribution is 2.34. The highest BCUT2D eigenvalue weighted by atomic mass is 32.2. The van der Waals surface area contributed by atoms with Gasteiger partial charge in [0.15, 0.2) is 0 Å². The van der Waals surface area contributed by atoms with Gasteiger partial charge in [-0.3, -0.25) is 4.79 Å². The summed E-state index contributed by atoms with van der Waals surface area (Å²) in [5.74, 6) is 1.36. The molecule has 0 bridgehead atoms. The number of hydrogen-bond acceptors (Lipinski definition) is 6. The zero-order valence-electron chi connectivity index (χ0n) is 15.1. The number of amides is 1. The second-order valence-corrected chi connectivity index (χ2v) is 8.42. The van der Waals surface area contributed by atoms with Gasteiger partial charge in [-0.2, -0.15) is 5.10 Å². The number of furan rings is 1. The van der Waals surface area contributed by atoms with Gasteiger partial charge in [0.05, 0.1) is 28.7 Å². The predicted molar refractivity (Wildman–Crippen MR) is 112 cm³/mol. The van der Waals surface area contributed by atoms with Crippen LogP contribution in [0.3, 0.4) is 0 Å². The van der Waals surface area contributed by atoms with Crippen molar-refractivity contribution >= 4 is 34.7 Å². The summed E-state index contributed by atoms with van der Waals surface area (Å²) in [6, 6.07) is 17.0. The molecule has 3 aromatic rings. The molecule has 1 aromatic carbocycles. The van der Waals surface area contributed by atoms with E-state index in [1.165, 1.54) is 16.8 Å². The first-order valence-corrected chi connectivity index (χ1v) is 11.0. The summed E-state index contributed by atoms with van der Waals surface area (Å²) in [6.45, 7) is 0. The van der Waals surface area contributed by atoms with Crippen LogP contribution >= 0.6 is 23.1 Å². The minimum Gasteiger partial charge on any atom is -0.467 e. The summed E-state index contributed by atoms with van der Waals surface area (Å²) in [5.41, 5.74) is 1.76. The van der Waals surface area contributed by atoms with E-state index in [-0.39, 0.29) is 17.7 Å². The SMILES string of the molecule is O=C(CSCC(O)c1ccccc1)N1N=C(c2cccs2)CC1c1ccco1. The number of nitrogens with zero attached hydrogens (tertiary/aromatic N) is 2. The first-order chi connectivity index (χ1) is 13.7. The van der Waals surface area contributed by atoms with Crippen molar-refractivity contribution in [1.29, 1.82) is 0 Å². The molecular weight excluding hydrogens is 392 g/mol. The van der Waals surface area contributed by atoms with Gasteiger partial charge >= 0.3 is 0 Å². The molecule has 0 radical (unpaired) electrons. The van der Waals surface area contributed by atoms with E-state index in [9.17, 15) is 9.90 Å². The molecule has 0 aliphatic carbocycles. The van der Waals surface area contributed by atoms with E-state index in [4.69, 9.17) is 4.42 Å². The van der Waals surface area contributed by atoms with Gasteiger partial charge in [-0.05, 0) is 29.1 Å². The van der Waals surface area contributed by atoms with Gasteiger partial charge in [-0.1, -0.05) is 36.4 Å². The maximum atomic E-state index is 12.9. The molecule has 0 spiro atoms. The molecule has 0 fully saturated rings. The minimum atomic E-state index is -0.594. The first-order valence-electron chi connectivity index (χ1n) is 9.00. The van der Waals surface area contributed by atoms with Crippen molar-refractivity contribution < 1.29 is 14.3 Å². The van der Waals surface area contributed by atoms with Gasteiger partial charge < -0.3 is 9.52 Å². The Morgan fingerprint density at radius 3 is 2.82 bits per heavy atom. The predicted octanol–water partition coefficient (Wildman–Crippen LogP) is 4.49. The van der Waals surface area contributed by atoms with Crippen LogP contribution in [-0.2, 0) is 4.79 Å². The van der Waals surface area contributed by atoms with Crippen LogP contribution in [-0.4, -0.2) is 33.2 Å². The van der Waals surface area contributed by atoms with Gasteiger partial charge in [0.25, 0.3) is 5.91 Å². The largest absolute Gasteiger partial charge is 0.467 e. The molecule has 2 unspecified atom stereocenters. The average Bonchev–Trinajstić information content (AvgIpc) is 3.49. The van der Waals surface area contributed by atoms with Crippen molar-refractivity contribution in [3.8, 4) is 0 Å². The molecule has 2 atom stereocenters. The van der Waals surface area contributed by atoms with E-state index in [0.717, 1.165) is 21.9 Å². The molecule has 4 rings (SSSR count). The molecule has 1 N–H and O–H groups in total. The molecule has 5 nitrogen and oxygen atoms in total. The lowest BCUT2D eigenvalue weighted by Gasteiger charge is -2.20. The van der Waals surface area contributed by atoms with Crippen molar-refractivity contribution in [2.45, 2.75) is 18.6 Å². The van der Waals surface area contributed by atoms with E-state index in [2.05, 4.69) is 5.10 Å². The molecule has 7 heteroatoms. The number of carbonyl (C=O) groups is 1. The highest BCUT2D eigenvalue weighted by Gasteiger charge is 2.35. The number of hydrazone groups is 1. The molecule has 1 aliphatic rings. The number of thiophene rings is 1. The number of benzene rings is 1. The maximum absolute atomic E-state index is 12.9. The molecular formula is C21H20N2O3S2. The summed E-state index contributed by atoms with van der Waals surface area (Å²) >= 11 is 3.03. The molecule has 3 heterocycles. The highest BCUT2D eigenvalue weighted by molar-refractivity contribution is 7.99. The fourth-order valence-corrected chi connectivity index (χ4v) is 4.69. The summed E-state index contributed by atoms with van der Waals surface area (Å²) in [4.78, 5) is 13.9. The van der Waals surface area contributed by atoms with E-state index in [0.29, 0.717) is 12.2 Å². The van der Waals surface area contributed by atoms with Crippen molar-refractivity contribution in [3.63, 3.8) is 0 Å². The van der Waals surface area contributed by atoms with Crippen LogP contribution in [0.5, 0.6) is 0 Å². The van der Waals surface area contributed by atoms with Gasteiger partial charge in [-0.25, -0.2) is 5.01 Å². The maximum Gasteiger partial charge on any atom is 0.253 e. The zero-order valence-corrected chi connectivity index (χ0v) is 16.7. The number of aliphatic hydroxyl groups is 1. The quantitative estimate of drug-likeness (QED) is 0.621. The number of carbonyl (C=O) groups excluding carboxylic acids is 1. The van der Waals surface area contributed by atoms with Crippen molar-refractivity contribution in [1.82, 2.24) is 5.01 Å². The Balaban J connectivity index is 1.41. The lowest BCUT2D eigenvalue weighted by Crippen LogP contribution is -2.28. The van der Waals surface area contributed by atoms with Crippen molar-refractivity contribution in [2.75, 3.05) is 11.5 Å². The molecule has 0 saturated carbocycles. The van der Waals surface area contributed by atoms with Crippen LogP contribution in [0.15, 0.2) is 75.8 Å². The van der Waals surface area contributed by atoms with E-state index in [1.54, 1.807) is 17.6 Å². The van der Waals surface area contributed by atoms with Crippen LogP contribution in [0.25, 0.3) is 0 Å². The van der Waals surface area contributed by atoms with Crippen molar-refractivity contribution in [3.05, 3.63) is 82.4 Å². The Labute approximate surface area is 171 Å². The minimum absolute atomic E-state index is 0.0850. The number of aliphatic hydroxyl groups excluding tert-OH is 1. The van der Waals surface area contributed by atoms with Crippen molar-refractivity contribution in [2.24, 2.45) is 5.10 Å². The summed E-state index contributed by atoms with van der Waals surface area (Å²) in [6.07, 6.45) is 1.66. The Hall–Kier alpha value is -2.35. The Morgan fingerprint density at radius 1 is 1.25 bits per heavy atom. The monoisotopic (exact) mass is 412 g/mol. The average molecular weight is 413 g/mol. The van der Waals surface area contributed by atoms with Crippen LogP contribution < -0.4 is 0 Å². The van der Waals surface area contributed by atoms with Crippen LogP contribution in [0, 0.1) is 0 Å². The topological polar surface area (TPSA) is 66.0 Å². The Morgan fingerprint density at radius 2 is 2.11 bits per heavy atom. The second kappa shape index (κ2) is 8.77. The Kier molecular flexibility index (Phi) is 5.95. The summed E-state index contributed by atoms with van der Waals surface area (Å²) < 4.78 is 5.55. The smallest absolute Gasteiger partial charge is 0.253 e. The molecule has 2 aromatic heterocycles. The van der Waals surface area contributed by atoms with Gasteiger partial charge in [0.1, 0.15) is 11.8 Å². The zero-order chi connectivity index (χ0) is 19.3. The summed E-state index contributed by atoms with van der Waals surface area (Å²) in [7, 11) is 0. The first kappa shape index (κ1) is 19.0. The molecule has 0 saturated heterocycles. The lowest BCUT2D eigenvalue weighted by molar-refractivity contribution is -0.130. The van der Waals surface area contributed by atoms with Crippen LogP contribution in [0.2, 0.25) is 0 Å². The standard InChI is InChI=1S/C21H20N2O3S2/c24-18(15-6-2-1-3-7-15)13-27-14-21(25)23-17(19-8-4-10-26-19)12-16(22-23)20-9-5-11-28-20/h1-11,17-18,24H,12-14H2. The third-order valence-corrected chi connectivity index (χ3v) is 6.45. The number of hydrogen-bond donors (Lipinski definition) is 1. The molecule has 1 amide bonds. The third-order valence-electron chi connectivity index (χ3n) is 4.53. The fourth-order valence-electron chi connectivity index (χ4n) is 3.13. The Bertz CT molecular complexity index is 924. The van der Waals surface area contributed by atoms with Gasteiger partial charge in [0, 0.05) is 12.2 Å². The van der Waals surface area contributed by atoms with Gasteiger partial charge in [-0.15, -0.1) is 23.1 Å². The van der Waals surface area contributed by atoms with Gasteiger partial charge in [0.2, 0.25) is 0 Å².